The Kier molecular flexibility index (Phi) is 14.3. The van der Waals surface area contributed by atoms with Crippen LogP contribution in [-0.4, -0.2) is 120 Å². The highest BCUT2D eigenvalue weighted by atomic mass is 16.6. The van der Waals surface area contributed by atoms with Crippen molar-refractivity contribution >= 4 is 52.2 Å². The van der Waals surface area contributed by atoms with Crippen LogP contribution in [0.5, 0.6) is 11.5 Å². The number of carbonyl (C=O) groups excluding carboxylic acids is 4. The number of nitrogens with two attached hydrogens (primary N) is 3. The molecule has 66 heavy (non-hydrogen) atoms. The highest BCUT2D eigenvalue weighted by Crippen LogP contribution is 2.35. The quantitative estimate of drug-likeness (QED) is 0.0599. The molecule has 21 nitrogen and oxygen atoms in total. The molecule has 0 radical (unpaired) electrons. The SMILES string of the molecule is CCn1nc(C)cc1C(=O)Nc1nc2cc(C(N)=O)cc(OC)c2n1CCCCNc1c(N)cc(C(N)=O)cc1OCCCN1CCC(c2nnc3n2CCN(C(=O)OC(C)(C)C)C3)CC1. The maximum atomic E-state index is 13.5. The van der Waals surface area contributed by atoms with Crippen molar-refractivity contribution in [1.29, 1.82) is 0 Å². The standard InChI is InChI=1S/C45H62N14O7/c1-7-59-33(21-27(2)54-59)42(62)51-43-50-32-23-30(40(48)61)25-35(64-6)38(32)58(43)15-9-8-13-49-37-31(46)22-29(39(47)60)24-34(37)65-20-10-14-55-16-11-28(12-17-55)41-53-52-36-26-56(18-19-57(36)41)44(63)66-45(3,4)5/h21-25,28,49H,7-20,26,46H2,1-6H3,(H2,47,60)(H2,48,61)(H,50,51,62). The van der Waals surface area contributed by atoms with E-state index in [2.05, 4.69) is 35.4 Å². The van der Waals surface area contributed by atoms with E-state index in [1.807, 2.05) is 39.2 Å². The van der Waals surface area contributed by atoms with Crippen LogP contribution in [0, 0.1) is 6.92 Å². The molecule has 0 aliphatic carbocycles. The van der Waals surface area contributed by atoms with Crippen molar-refractivity contribution in [3.63, 3.8) is 0 Å². The summed E-state index contributed by atoms with van der Waals surface area (Å²) >= 11 is 0. The van der Waals surface area contributed by atoms with Crippen LogP contribution in [0.1, 0.15) is 114 Å². The maximum absolute atomic E-state index is 13.5. The van der Waals surface area contributed by atoms with Crippen molar-refractivity contribution in [3.8, 4) is 11.5 Å². The number of carbonyl (C=O) groups is 4. The van der Waals surface area contributed by atoms with Gasteiger partial charge >= 0.3 is 6.09 Å². The van der Waals surface area contributed by atoms with Crippen LogP contribution in [-0.2, 0) is 30.9 Å². The zero-order valence-corrected chi connectivity index (χ0v) is 38.7. The third-order valence-electron chi connectivity index (χ3n) is 11.8. The lowest BCUT2D eigenvalue weighted by Crippen LogP contribution is -2.42. The van der Waals surface area contributed by atoms with Gasteiger partial charge in [-0.05, 0) is 110 Å². The molecule has 0 atom stereocenters. The van der Waals surface area contributed by atoms with Crippen LogP contribution in [0.2, 0.25) is 0 Å². The lowest BCUT2D eigenvalue weighted by atomic mass is 9.95. The first-order valence-electron chi connectivity index (χ1n) is 22.5. The van der Waals surface area contributed by atoms with E-state index in [-0.39, 0.29) is 35.0 Å². The number of likely N-dealkylation sites (tertiary alicyclic amines) is 1. The highest BCUT2D eigenvalue weighted by molar-refractivity contribution is 6.04. The van der Waals surface area contributed by atoms with Gasteiger partial charge < -0.3 is 50.8 Å². The monoisotopic (exact) mass is 910 g/mol. The number of fused-ring (bicyclic) bond motifs is 2. The number of unbranched alkanes of at least 4 members (excludes halogenated alkanes) is 1. The molecule has 0 spiro atoms. The lowest BCUT2D eigenvalue weighted by molar-refractivity contribution is 0.0193. The normalized spacial score (nSPS) is 14.5. The molecule has 354 valence electrons. The smallest absolute Gasteiger partial charge is 0.410 e. The molecule has 1 saturated heterocycles. The summed E-state index contributed by atoms with van der Waals surface area (Å²) in [6.07, 6.45) is 3.59. The molecule has 0 bridgehead atoms. The molecule has 5 aromatic rings. The largest absolute Gasteiger partial charge is 0.494 e. The minimum absolute atomic E-state index is 0.225. The Morgan fingerprint density at radius 1 is 0.894 bits per heavy atom. The Morgan fingerprint density at radius 3 is 2.32 bits per heavy atom. The number of nitrogen functional groups attached to an aromatic ring is 1. The van der Waals surface area contributed by atoms with Crippen molar-refractivity contribution in [3.05, 3.63) is 64.5 Å². The first-order chi connectivity index (χ1) is 31.5. The first kappa shape index (κ1) is 47.1. The van der Waals surface area contributed by atoms with E-state index in [0.717, 1.165) is 50.5 Å². The van der Waals surface area contributed by atoms with Gasteiger partial charge in [0.25, 0.3) is 5.91 Å². The van der Waals surface area contributed by atoms with Crippen molar-refractivity contribution < 1.29 is 33.4 Å². The maximum Gasteiger partial charge on any atom is 0.410 e. The predicted octanol–water partition coefficient (Wildman–Crippen LogP) is 4.49. The predicted molar refractivity (Wildman–Crippen MR) is 248 cm³/mol. The van der Waals surface area contributed by atoms with Crippen LogP contribution >= 0.6 is 0 Å². The van der Waals surface area contributed by atoms with Gasteiger partial charge in [-0.2, -0.15) is 5.10 Å². The van der Waals surface area contributed by atoms with Crippen molar-refractivity contribution in [2.45, 2.75) is 104 Å². The van der Waals surface area contributed by atoms with E-state index in [9.17, 15) is 19.2 Å². The Balaban J connectivity index is 0.935. The van der Waals surface area contributed by atoms with Gasteiger partial charge in [0.1, 0.15) is 39.8 Å². The molecule has 1 fully saturated rings. The van der Waals surface area contributed by atoms with Crippen molar-refractivity contribution in [2.24, 2.45) is 11.5 Å². The number of hydrogen-bond donors (Lipinski definition) is 5. The minimum atomic E-state index is -0.633. The van der Waals surface area contributed by atoms with Crippen LogP contribution in [0.25, 0.3) is 11.0 Å². The van der Waals surface area contributed by atoms with E-state index in [4.69, 9.17) is 36.4 Å². The summed E-state index contributed by atoms with van der Waals surface area (Å²) < 4.78 is 23.2. The number of primary amides is 2. The highest BCUT2D eigenvalue weighted by Gasteiger charge is 2.32. The fourth-order valence-electron chi connectivity index (χ4n) is 8.52. The molecular weight excluding hydrogens is 849 g/mol. The van der Waals surface area contributed by atoms with E-state index in [1.165, 1.54) is 13.2 Å². The van der Waals surface area contributed by atoms with Gasteiger partial charge in [-0.25, -0.2) is 9.78 Å². The number of ether oxygens (including phenoxy) is 3. The number of aromatic nitrogens is 7. The summed E-state index contributed by atoms with van der Waals surface area (Å²) in [5.41, 5.74) is 20.7. The fourth-order valence-corrected chi connectivity index (χ4v) is 8.52. The molecule has 0 unspecified atom stereocenters. The summed E-state index contributed by atoms with van der Waals surface area (Å²) in [4.78, 5) is 59.4. The van der Waals surface area contributed by atoms with Crippen LogP contribution < -0.4 is 37.3 Å². The van der Waals surface area contributed by atoms with Gasteiger partial charge in [-0.3, -0.25) is 29.3 Å². The fraction of sp³-hybridized carbons (Fsp3) is 0.511. The number of nitrogens with one attached hydrogen (secondary N) is 2. The second-order valence-corrected chi connectivity index (χ2v) is 17.7. The lowest BCUT2D eigenvalue weighted by Gasteiger charge is -2.33. The number of imidazole rings is 1. The molecular formula is C45H62N14O7. The number of aryl methyl sites for hydroxylation is 3. The topological polar surface area (TPSA) is 271 Å². The van der Waals surface area contributed by atoms with Gasteiger partial charge in [0.05, 0.1) is 37.2 Å². The van der Waals surface area contributed by atoms with Gasteiger partial charge in [-0.15, -0.1) is 10.2 Å². The van der Waals surface area contributed by atoms with E-state index < -0.39 is 17.4 Å². The molecule has 5 heterocycles. The Bertz CT molecular complexity index is 2580. The van der Waals surface area contributed by atoms with Crippen LogP contribution in [0.4, 0.5) is 22.1 Å². The zero-order valence-electron chi connectivity index (χ0n) is 38.7. The number of piperidine rings is 1. The van der Waals surface area contributed by atoms with E-state index in [1.54, 1.807) is 33.8 Å². The molecule has 4 amide bonds. The number of rotatable bonds is 18. The van der Waals surface area contributed by atoms with E-state index in [0.29, 0.717) is 104 Å². The molecule has 2 aromatic carbocycles. The zero-order chi connectivity index (χ0) is 47.3. The van der Waals surface area contributed by atoms with Crippen molar-refractivity contribution in [2.75, 3.05) is 62.8 Å². The summed E-state index contributed by atoms with van der Waals surface area (Å²) in [5, 5.41) is 19.8. The summed E-state index contributed by atoms with van der Waals surface area (Å²) in [7, 11) is 1.50. The number of benzene rings is 2. The number of nitrogens with zero attached hydrogens (tertiary/aromatic N) is 9. The Hall–Kier alpha value is -6.90. The number of anilines is 3. The number of methoxy groups -OCH3 is 1. The van der Waals surface area contributed by atoms with Gasteiger partial charge in [-0.1, -0.05) is 0 Å². The average molecular weight is 911 g/mol. The van der Waals surface area contributed by atoms with Crippen LogP contribution in [0.15, 0.2) is 30.3 Å². The summed E-state index contributed by atoms with van der Waals surface area (Å²) in [6.45, 7) is 15.3. The third-order valence-corrected chi connectivity index (χ3v) is 11.8. The average Bonchev–Trinajstić information content (AvgIpc) is 3.99. The minimum Gasteiger partial charge on any atom is -0.494 e. The Labute approximate surface area is 383 Å². The molecule has 21 heteroatoms. The summed E-state index contributed by atoms with van der Waals surface area (Å²) in [5.74, 6) is 1.53. The molecule has 2 aliphatic rings. The molecule has 3 aromatic heterocycles. The molecule has 2 aliphatic heterocycles. The first-order valence-corrected chi connectivity index (χ1v) is 22.5. The third kappa shape index (κ3) is 10.8. The second kappa shape index (κ2) is 20.1. The van der Waals surface area contributed by atoms with Gasteiger partial charge in [0, 0.05) is 56.3 Å². The number of hydrogen-bond acceptors (Lipinski definition) is 14. The van der Waals surface area contributed by atoms with Crippen LogP contribution in [0.3, 0.4) is 0 Å². The second-order valence-electron chi connectivity index (χ2n) is 17.7. The molecule has 0 saturated carbocycles. The molecule has 8 N–H and O–H groups in total. The van der Waals surface area contributed by atoms with E-state index >= 15 is 0 Å². The summed E-state index contributed by atoms with van der Waals surface area (Å²) in [6, 6.07) is 8.00. The Morgan fingerprint density at radius 2 is 1.62 bits per heavy atom. The van der Waals surface area contributed by atoms with Gasteiger partial charge in [0.2, 0.25) is 17.8 Å². The molecule has 7 rings (SSSR count). The van der Waals surface area contributed by atoms with Gasteiger partial charge in [0.15, 0.2) is 5.82 Å². The van der Waals surface area contributed by atoms with Crippen molar-refractivity contribution in [1.82, 2.24) is 43.9 Å². The number of amides is 4.